The van der Waals surface area contributed by atoms with Crippen LogP contribution in [0.1, 0.15) is 30.9 Å². The van der Waals surface area contributed by atoms with Gasteiger partial charge in [-0.05, 0) is 80.2 Å². The molecule has 1 fully saturated rings. The van der Waals surface area contributed by atoms with Crippen LogP contribution in [-0.2, 0) is 13.0 Å². The van der Waals surface area contributed by atoms with Crippen molar-refractivity contribution in [1.29, 1.82) is 0 Å². The molecule has 2 heterocycles. The lowest BCUT2D eigenvalue weighted by Gasteiger charge is -2.29. The van der Waals surface area contributed by atoms with E-state index in [-0.39, 0.29) is 0 Å². The average Bonchev–Trinajstić information content (AvgIpc) is 2.84. The molecule has 0 radical (unpaired) electrons. The standard InChI is InChI=1S/C27H33F2N5/c1-2-34(19-22-6-4-10-30-17-22)18-21-5-3-7-23(13-21)26-9-12-32-27(33-26)31-11-8-20-14-24(28)16-25(29)15-20/h3,5,7,9,12-16,22,30H,2,4,6,8,10-11,17-19H2,1H3,(H,31,32,33)/t22-/m1/s1. The SMILES string of the molecule is CCN(Cc1cccc(-c2ccnc(NCCc3cc(F)cc(F)c3)n2)c1)C[C@@H]1CCCNC1. The lowest BCUT2D eigenvalue weighted by Crippen LogP contribution is -2.38. The lowest BCUT2D eigenvalue weighted by molar-refractivity contribution is 0.210. The molecule has 1 aromatic heterocycles. The van der Waals surface area contributed by atoms with Crippen molar-refractivity contribution in [2.45, 2.75) is 32.7 Å². The highest BCUT2D eigenvalue weighted by atomic mass is 19.1. The van der Waals surface area contributed by atoms with E-state index >= 15 is 0 Å². The van der Waals surface area contributed by atoms with Crippen LogP contribution in [0.25, 0.3) is 11.3 Å². The zero-order chi connectivity index (χ0) is 23.8. The molecule has 0 unspecified atom stereocenters. The summed E-state index contributed by atoms with van der Waals surface area (Å²) in [5, 5.41) is 6.67. The van der Waals surface area contributed by atoms with Gasteiger partial charge in [-0.1, -0.05) is 25.1 Å². The van der Waals surface area contributed by atoms with Crippen LogP contribution in [0.5, 0.6) is 0 Å². The molecule has 0 saturated carbocycles. The first kappa shape index (κ1) is 24.2. The summed E-state index contributed by atoms with van der Waals surface area (Å²) in [4.78, 5) is 11.5. The minimum Gasteiger partial charge on any atom is -0.354 e. The van der Waals surface area contributed by atoms with Crippen molar-refractivity contribution < 1.29 is 8.78 Å². The Morgan fingerprint density at radius 2 is 1.94 bits per heavy atom. The van der Waals surface area contributed by atoms with E-state index in [0.717, 1.165) is 56.0 Å². The zero-order valence-corrected chi connectivity index (χ0v) is 19.7. The van der Waals surface area contributed by atoms with Gasteiger partial charge in [0, 0.05) is 37.5 Å². The fourth-order valence-electron chi connectivity index (χ4n) is 4.52. The minimum absolute atomic E-state index is 0.473. The van der Waals surface area contributed by atoms with Gasteiger partial charge in [0.2, 0.25) is 5.95 Å². The van der Waals surface area contributed by atoms with Crippen LogP contribution in [0.15, 0.2) is 54.7 Å². The molecule has 4 rings (SSSR count). The Balaban J connectivity index is 1.37. The molecule has 2 N–H and O–H groups in total. The maximum atomic E-state index is 13.4. The van der Waals surface area contributed by atoms with Crippen LogP contribution in [0.4, 0.5) is 14.7 Å². The first-order chi connectivity index (χ1) is 16.6. The van der Waals surface area contributed by atoms with Crippen molar-refractivity contribution in [3.63, 3.8) is 0 Å². The van der Waals surface area contributed by atoms with Crippen molar-refractivity contribution in [2.24, 2.45) is 5.92 Å². The molecule has 7 heteroatoms. The molecule has 34 heavy (non-hydrogen) atoms. The number of piperidine rings is 1. The third-order valence-electron chi connectivity index (χ3n) is 6.27. The second kappa shape index (κ2) is 12.0. The van der Waals surface area contributed by atoms with E-state index in [2.05, 4.69) is 56.7 Å². The van der Waals surface area contributed by atoms with Crippen LogP contribution in [0.3, 0.4) is 0 Å². The molecule has 1 saturated heterocycles. The van der Waals surface area contributed by atoms with Crippen LogP contribution in [0, 0.1) is 17.6 Å². The Labute approximate surface area is 200 Å². The molecule has 0 bridgehead atoms. The number of rotatable bonds is 10. The number of nitrogens with one attached hydrogen (secondary N) is 2. The van der Waals surface area contributed by atoms with Gasteiger partial charge in [0.15, 0.2) is 0 Å². The number of hydrogen-bond donors (Lipinski definition) is 2. The fourth-order valence-corrected chi connectivity index (χ4v) is 4.52. The van der Waals surface area contributed by atoms with Crippen LogP contribution in [0.2, 0.25) is 0 Å². The van der Waals surface area contributed by atoms with Gasteiger partial charge in [-0.3, -0.25) is 4.90 Å². The molecule has 1 aliphatic heterocycles. The zero-order valence-electron chi connectivity index (χ0n) is 19.7. The van der Waals surface area contributed by atoms with Crippen molar-refractivity contribution in [2.75, 3.05) is 38.0 Å². The molecular weight excluding hydrogens is 432 g/mol. The van der Waals surface area contributed by atoms with E-state index in [4.69, 9.17) is 0 Å². The van der Waals surface area contributed by atoms with Crippen LogP contribution < -0.4 is 10.6 Å². The highest BCUT2D eigenvalue weighted by Gasteiger charge is 2.16. The Morgan fingerprint density at radius 1 is 1.09 bits per heavy atom. The molecule has 0 aliphatic carbocycles. The molecule has 0 amide bonds. The van der Waals surface area contributed by atoms with Gasteiger partial charge in [-0.25, -0.2) is 18.7 Å². The first-order valence-corrected chi connectivity index (χ1v) is 12.1. The predicted octanol–water partition coefficient (Wildman–Crippen LogP) is 4.90. The highest BCUT2D eigenvalue weighted by Crippen LogP contribution is 2.21. The average molecular weight is 466 g/mol. The maximum Gasteiger partial charge on any atom is 0.223 e. The Morgan fingerprint density at radius 3 is 2.71 bits per heavy atom. The van der Waals surface area contributed by atoms with Crippen LogP contribution in [-0.4, -0.2) is 47.6 Å². The second-order valence-corrected chi connectivity index (χ2v) is 8.96. The third-order valence-corrected chi connectivity index (χ3v) is 6.27. The summed E-state index contributed by atoms with van der Waals surface area (Å²) in [7, 11) is 0. The van der Waals surface area contributed by atoms with E-state index < -0.39 is 11.6 Å². The van der Waals surface area contributed by atoms with Gasteiger partial charge in [0.1, 0.15) is 11.6 Å². The quantitative estimate of drug-likeness (QED) is 0.446. The van der Waals surface area contributed by atoms with Crippen LogP contribution >= 0.6 is 0 Å². The number of halogens is 2. The van der Waals surface area contributed by atoms with E-state index in [0.29, 0.717) is 24.5 Å². The molecule has 1 atom stereocenters. The Kier molecular flexibility index (Phi) is 8.55. The summed E-state index contributed by atoms with van der Waals surface area (Å²) in [6.45, 7) is 8.02. The molecule has 5 nitrogen and oxygen atoms in total. The molecule has 3 aromatic rings. The summed E-state index contributed by atoms with van der Waals surface area (Å²) in [5.41, 5.74) is 3.75. The van der Waals surface area contributed by atoms with Gasteiger partial charge >= 0.3 is 0 Å². The summed E-state index contributed by atoms with van der Waals surface area (Å²) >= 11 is 0. The Hall–Kier alpha value is -2.90. The summed E-state index contributed by atoms with van der Waals surface area (Å²) < 4.78 is 26.8. The van der Waals surface area contributed by atoms with Crippen molar-refractivity contribution in [1.82, 2.24) is 20.2 Å². The van der Waals surface area contributed by atoms with E-state index in [1.54, 1.807) is 6.20 Å². The smallest absolute Gasteiger partial charge is 0.223 e. The monoisotopic (exact) mass is 465 g/mol. The number of nitrogens with zero attached hydrogens (tertiary/aromatic N) is 3. The number of hydrogen-bond acceptors (Lipinski definition) is 5. The minimum atomic E-state index is -0.565. The van der Waals surface area contributed by atoms with Crippen molar-refractivity contribution in [3.8, 4) is 11.3 Å². The van der Waals surface area contributed by atoms with Gasteiger partial charge < -0.3 is 10.6 Å². The van der Waals surface area contributed by atoms with E-state index in [1.165, 1.54) is 30.5 Å². The fraction of sp³-hybridized carbons (Fsp3) is 0.407. The number of aromatic nitrogens is 2. The number of benzene rings is 2. The molecule has 0 spiro atoms. The summed E-state index contributed by atoms with van der Waals surface area (Å²) in [6.07, 6.45) is 4.77. The van der Waals surface area contributed by atoms with Gasteiger partial charge in [-0.15, -0.1) is 0 Å². The lowest BCUT2D eigenvalue weighted by atomic mass is 9.98. The largest absolute Gasteiger partial charge is 0.354 e. The number of anilines is 1. The van der Waals surface area contributed by atoms with E-state index in [1.807, 2.05) is 6.07 Å². The second-order valence-electron chi connectivity index (χ2n) is 8.96. The van der Waals surface area contributed by atoms with Crippen molar-refractivity contribution in [3.05, 3.63) is 77.5 Å². The molecular formula is C27H33F2N5. The molecule has 2 aromatic carbocycles. The summed E-state index contributed by atoms with van der Waals surface area (Å²) in [5.74, 6) is 0.0892. The maximum absolute atomic E-state index is 13.4. The topological polar surface area (TPSA) is 53.1 Å². The Bertz CT molecular complexity index is 1050. The van der Waals surface area contributed by atoms with Crippen molar-refractivity contribution >= 4 is 5.95 Å². The van der Waals surface area contributed by atoms with Gasteiger partial charge in [0.05, 0.1) is 5.69 Å². The van der Waals surface area contributed by atoms with Gasteiger partial charge in [0.25, 0.3) is 0 Å². The van der Waals surface area contributed by atoms with E-state index in [9.17, 15) is 8.78 Å². The molecule has 1 aliphatic rings. The first-order valence-electron chi connectivity index (χ1n) is 12.1. The highest BCUT2D eigenvalue weighted by molar-refractivity contribution is 5.60. The predicted molar refractivity (Wildman–Crippen MR) is 133 cm³/mol. The summed E-state index contributed by atoms with van der Waals surface area (Å²) in [6, 6.07) is 14.0. The normalized spacial score (nSPS) is 16.1. The van der Waals surface area contributed by atoms with Gasteiger partial charge in [-0.2, -0.15) is 0 Å². The molecule has 180 valence electrons. The third kappa shape index (κ3) is 7.05.